The van der Waals surface area contributed by atoms with Crippen molar-refractivity contribution in [1.82, 2.24) is 4.37 Å². The van der Waals surface area contributed by atoms with E-state index in [-0.39, 0.29) is 18.1 Å². The highest BCUT2D eigenvalue weighted by Gasteiger charge is 2.30. The average molecular weight is 453 g/mol. The lowest BCUT2D eigenvalue weighted by Crippen LogP contribution is -2.13. The van der Waals surface area contributed by atoms with Gasteiger partial charge < -0.3 is 10.1 Å². The quantitative estimate of drug-likeness (QED) is 0.415. The molecule has 0 aliphatic heterocycles. The van der Waals surface area contributed by atoms with Crippen molar-refractivity contribution in [2.75, 3.05) is 5.32 Å². The van der Waals surface area contributed by atoms with Gasteiger partial charge in [-0.3, -0.25) is 4.79 Å². The van der Waals surface area contributed by atoms with Crippen LogP contribution in [0.2, 0.25) is 5.02 Å². The Morgan fingerprint density at radius 3 is 2.30 bits per heavy atom. The Kier molecular flexibility index (Phi) is 6.79. The van der Waals surface area contributed by atoms with Crippen molar-refractivity contribution in [1.29, 1.82) is 0 Å². The minimum Gasteiger partial charge on any atom is -0.457 e. The molecule has 0 atom stereocenters. The molecule has 0 aliphatic carbocycles. The molecule has 1 aromatic heterocycles. The number of amides is 1. The van der Waals surface area contributed by atoms with Crippen LogP contribution in [0, 0.1) is 0 Å². The van der Waals surface area contributed by atoms with Gasteiger partial charge in [-0.1, -0.05) is 29.8 Å². The van der Waals surface area contributed by atoms with Crippen molar-refractivity contribution >= 4 is 34.0 Å². The molecule has 3 aromatic rings. The first-order chi connectivity index (χ1) is 14.3. The van der Waals surface area contributed by atoms with E-state index in [1.165, 1.54) is 12.1 Å². The van der Waals surface area contributed by atoms with Crippen LogP contribution in [-0.4, -0.2) is 10.3 Å². The number of hydrogen-bond acceptors (Lipinski definition) is 4. The highest BCUT2D eigenvalue weighted by atomic mass is 35.5. The van der Waals surface area contributed by atoms with Crippen molar-refractivity contribution in [2.24, 2.45) is 0 Å². The summed E-state index contributed by atoms with van der Waals surface area (Å²) < 4.78 is 47.5. The van der Waals surface area contributed by atoms with Crippen molar-refractivity contribution in [3.63, 3.8) is 0 Å². The normalized spacial score (nSPS) is 11.2. The molecular weight excluding hydrogens is 437 g/mol. The molecule has 30 heavy (non-hydrogen) atoms. The van der Waals surface area contributed by atoms with E-state index in [1.807, 2.05) is 0 Å². The van der Waals surface area contributed by atoms with Crippen LogP contribution < -0.4 is 10.1 Å². The van der Waals surface area contributed by atoms with E-state index in [0.29, 0.717) is 27.9 Å². The second-order valence-electron chi connectivity index (χ2n) is 6.26. The second-order valence-corrected chi connectivity index (χ2v) is 7.41. The predicted molar refractivity (Wildman–Crippen MR) is 111 cm³/mol. The zero-order valence-electron chi connectivity index (χ0n) is 15.5. The van der Waals surface area contributed by atoms with E-state index in [1.54, 1.807) is 30.3 Å². The third-order valence-corrected chi connectivity index (χ3v) is 5.32. The van der Waals surface area contributed by atoms with E-state index in [2.05, 4.69) is 16.3 Å². The number of halogens is 4. The van der Waals surface area contributed by atoms with Crippen molar-refractivity contribution in [3.05, 3.63) is 83.0 Å². The highest BCUT2D eigenvalue weighted by Crippen LogP contribution is 2.32. The molecule has 1 amide bonds. The molecule has 0 bridgehead atoms. The van der Waals surface area contributed by atoms with Gasteiger partial charge in [-0.15, -0.1) is 6.58 Å². The Labute approximate surface area is 180 Å². The van der Waals surface area contributed by atoms with Crippen LogP contribution in [-0.2, 0) is 23.8 Å². The van der Waals surface area contributed by atoms with E-state index in [4.69, 9.17) is 16.3 Å². The average Bonchev–Trinajstić information content (AvgIpc) is 3.03. The summed E-state index contributed by atoms with van der Waals surface area (Å²) in [5.41, 5.74) is 0.657. The standard InChI is InChI=1S/C21H16ClF3N2O2S/c1-2-3-17-19(22)20(30-27-17)26-18(28)12-13-4-8-15(9-5-13)29-16-10-6-14(7-11-16)21(23,24)25/h2,4-11H,1,3,12H2,(H,26,28). The smallest absolute Gasteiger partial charge is 0.416 e. The van der Waals surface area contributed by atoms with Gasteiger partial charge in [0, 0.05) is 6.42 Å². The lowest BCUT2D eigenvalue weighted by Gasteiger charge is -2.09. The number of carbonyl (C=O) groups is 1. The molecule has 0 aliphatic rings. The van der Waals surface area contributed by atoms with Crippen LogP contribution in [0.1, 0.15) is 16.8 Å². The first-order valence-electron chi connectivity index (χ1n) is 8.75. The Hall–Kier alpha value is -2.84. The van der Waals surface area contributed by atoms with E-state index >= 15 is 0 Å². The first kappa shape index (κ1) is 21.9. The lowest BCUT2D eigenvalue weighted by atomic mass is 10.1. The number of aromatic nitrogens is 1. The maximum atomic E-state index is 12.6. The van der Waals surface area contributed by atoms with Crippen LogP contribution in [0.25, 0.3) is 0 Å². The molecule has 0 spiro atoms. The van der Waals surface area contributed by atoms with Gasteiger partial charge in [0.25, 0.3) is 0 Å². The maximum Gasteiger partial charge on any atom is 0.416 e. The molecule has 3 rings (SSSR count). The maximum absolute atomic E-state index is 12.6. The van der Waals surface area contributed by atoms with Crippen LogP contribution in [0.4, 0.5) is 18.2 Å². The molecule has 4 nitrogen and oxygen atoms in total. The summed E-state index contributed by atoms with van der Waals surface area (Å²) in [6, 6.07) is 11.1. The molecule has 0 saturated heterocycles. The van der Waals surface area contributed by atoms with Gasteiger partial charge in [-0.25, -0.2) is 0 Å². The number of benzene rings is 2. The number of nitrogens with zero attached hydrogens (tertiary/aromatic N) is 1. The first-order valence-corrected chi connectivity index (χ1v) is 9.90. The Bertz CT molecular complexity index is 1030. The van der Waals surface area contributed by atoms with Crippen LogP contribution >= 0.6 is 23.1 Å². The lowest BCUT2D eigenvalue weighted by molar-refractivity contribution is -0.137. The summed E-state index contributed by atoms with van der Waals surface area (Å²) in [7, 11) is 0. The zero-order chi connectivity index (χ0) is 21.7. The number of rotatable bonds is 7. The van der Waals surface area contributed by atoms with Gasteiger partial charge in [-0.2, -0.15) is 17.5 Å². The third kappa shape index (κ3) is 5.61. The second kappa shape index (κ2) is 9.32. The summed E-state index contributed by atoms with van der Waals surface area (Å²) >= 11 is 7.30. The van der Waals surface area contributed by atoms with E-state index < -0.39 is 11.7 Å². The Morgan fingerprint density at radius 2 is 1.73 bits per heavy atom. The minimum absolute atomic E-state index is 0.117. The molecule has 9 heteroatoms. The summed E-state index contributed by atoms with van der Waals surface area (Å²) in [4.78, 5) is 12.3. The summed E-state index contributed by atoms with van der Waals surface area (Å²) in [5, 5.41) is 3.63. The largest absolute Gasteiger partial charge is 0.457 e. The molecule has 0 fully saturated rings. The molecule has 0 unspecified atom stereocenters. The fraction of sp³-hybridized carbons (Fsp3) is 0.143. The summed E-state index contributed by atoms with van der Waals surface area (Å²) in [6.07, 6.45) is -2.07. The SMILES string of the molecule is C=CCc1nsc(NC(=O)Cc2ccc(Oc3ccc(C(F)(F)F)cc3)cc2)c1Cl. The van der Waals surface area contributed by atoms with Gasteiger partial charge in [0.1, 0.15) is 16.5 Å². The molecule has 0 radical (unpaired) electrons. The number of anilines is 1. The molecule has 1 heterocycles. The van der Waals surface area contributed by atoms with Crippen LogP contribution in [0.15, 0.2) is 61.2 Å². The van der Waals surface area contributed by atoms with Gasteiger partial charge in [0.15, 0.2) is 0 Å². The van der Waals surface area contributed by atoms with Crippen molar-refractivity contribution < 1.29 is 22.7 Å². The number of carbonyl (C=O) groups excluding carboxylic acids is 1. The third-order valence-electron chi connectivity index (χ3n) is 4.00. The Morgan fingerprint density at radius 1 is 1.13 bits per heavy atom. The van der Waals surface area contributed by atoms with E-state index in [0.717, 1.165) is 29.2 Å². The highest BCUT2D eigenvalue weighted by molar-refractivity contribution is 7.11. The minimum atomic E-state index is -4.39. The molecule has 2 aromatic carbocycles. The van der Waals surface area contributed by atoms with Crippen molar-refractivity contribution in [2.45, 2.75) is 19.0 Å². The molecular formula is C21H16ClF3N2O2S. The number of nitrogens with one attached hydrogen (secondary N) is 1. The number of allylic oxidation sites excluding steroid dienone is 1. The molecule has 0 saturated carbocycles. The molecule has 156 valence electrons. The predicted octanol–water partition coefficient (Wildman–Crippen LogP) is 6.52. The number of hydrogen-bond donors (Lipinski definition) is 1. The van der Waals surface area contributed by atoms with Gasteiger partial charge in [0.2, 0.25) is 5.91 Å². The zero-order valence-corrected chi connectivity index (χ0v) is 17.1. The summed E-state index contributed by atoms with van der Waals surface area (Å²) in [6.45, 7) is 3.63. The topological polar surface area (TPSA) is 51.2 Å². The Balaban J connectivity index is 1.57. The van der Waals surface area contributed by atoms with Gasteiger partial charge in [0.05, 0.1) is 22.7 Å². The van der Waals surface area contributed by atoms with Gasteiger partial charge in [-0.05, 0) is 53.5 Å². The fourth-order valence-corrected chi connectivity index (χ4v) is 3.58. The van der Waals surface area contributed by atoms with Crippen LogP contribution in [0.3, 0.4) is 0 Å². The fourth-order valence-electron chi connectivity index (χ4n) is 2.53. The number of alkyl halides is 3. The van der Waals surface area contributed by atoms with Crippen molar-refractivity contribution in [3.8, 4) is 11.5 Å². The van der Waals surface area contributed by atoms with Gasteiger partial charge >= 0.3 is 6.18 Å². The summed E-state index contributed by atoms with van der Waals surface area (Å²) in [5.74, 6) is 0.476. The van der Waals surface area contributed by atoms with E-state index in [9.17, 15) is 18.0 Å². The molecule has 1 N–H and O–H groups in total. The monoisotopic (exact) mass is 452 g/mol. The van der Waals surface area contributed by atoms with Crippen LogP contribution in [0.5, 0.6) is 11.5 Å². The number of ether oxygens (including phenoxy) is 1.